The fourth-order valence-electron chi connectivity index (χ4n) is 1.07. The minimum Gasteiger partial charge on any atom is -0.342 e. The summed E-state index contributed by atoms with van der Waals surface area (Å²) in [4.78, 5) is 16.6. The third-order valence-electron chi connectivity index (χ3n) is 1.55. The van der Waals surface area contributed by atoms with Gasteiger partial charge in [-0.15, -0.1) is 0 Å². The van der Waals surface area contributed by atoms with E-state index in [9.17, 15) is 4.79 Å². The first kappa shape index (κ1) is 5.46. The molecule has 0 aromatic carbocycles. The second-order valence-electron chi connectivity index (χ2n) is 2.27. The molecule has 0 atom stereocenters. The molecule has 1 N–H and O–H groups in total. The average molecular weight is 137 g/mol. The summed E-state index contributed by atoms with van der Waals surface area (Å²) in [5, 5.41) is 2.69. The van der Waals surface area contributed by atoms with Gasteiger partial charge >= 0.3 is 0 Å². The molecule has 2 rings (SSSR count). The lowest BCUT2D eigenvalue weighted by Gasteiger charge is -2.16. The van der Waals surface area contributed by atoms with E-state index in [4.69, 9.17) is 0 Å². The van der Waals surface area contributed by atoms with Crippen LogP contribution in [0.1, 0.15) is 0 Å². The second kappa shape index (κ2) is 1.83. The highest BCUT2D eigenvalue weighted by Gasteiger charge is 2.23. The Balaban J connectivity index is 2.26. The minimum absolute atomic E-state index is 0.0525. The average Bonchev–Trinajstić information content (AvgIpc) is 2.27. The number of hydrogen-bond acceptors (Lipinski definition) is 3. The van der Waals surface area contributed by atoms with Crippen LogP contribution in [0.2, 0.25) is 0 Å². The zero-order chi connectivity index (χ0) is 6.97. The number of nitrogens with zero attached hydrogens (tertiary/aromatic N) is 2. The number of aliphatic imine (C=N–C) groups is 1. The fourth-order valence-corrected chi connectivity index (χ4v) is 1.07. The number of carbonyl (C=O) groups excluding carboxylic acids is 1. The van der Waals surface area contributed by atoms with E-state index in [-0.39, 0.29) is 5.91 Å². The molecule has 2 aliphatic rings. The van der Waals surface area contributed by atoms with Crippen molar-refractivity contribution in [3.05, 3.63) is 12.0 Å². The molecule has 1 saturated heterocycles. The van der Waals surface area contributed by atoms with Crippen molar-refractivity contribution in [1.29, 1.82) is 0 Å². The van der Waals surface area contributed by atoms with Crippen LogP contribution in [0.15, 0.2) is 17.0 Å². The van der Waals surface area contributed by atoms with Crippen LogP contribution >= 0.6 is 0 Å². The van der Waals surface area contributed by atoms with Crippen molar-refractivity contribution in [2.24, 2.45) is 4.99 Å². The molecule has 2 heterocycles. The van der Waals surface area contributed by atoms with Crippen molar-refractivity contribution in [2.45, 2.75) is 0 Å². The highest BCUT2D eigenvalue weighted by atomic mass is 16.2. The summed E-state index contributed by atoms with van der Waals surface area (Å²) in [7, 11) is 0. The predicted molar refractivity (Wildman–Crippen MR) is 36.3 cm³/mol. The Morgan fingerprint density at radius 2 is 2.60 bits per heavy atom. The fraction of sp³-hybridized carbons (Fsp3) is 0.333. The number of rotatable bonds is 0. The van der Waals surface area contributed by atoms with Gasteiger partial charge in [0.25, 0.3) is 0 Å². The van der Waals surface area contributed by atoms with Crippen LogP contribution in [0.5, 0.6) is 0 Å². The van der Waals surface area contributed by atoms with Crippen LogP contribution in [0, 0.1) is 0 Å². The highest BCUT2D eigenvalue weighted by Crippen LogP contribution is 2.09. The summed E-state index contributed by atoms with van der Waals surface area (Å²) >= 11 is 0. The number of hydrogen-bond donors (Lipinski definition) is 1. The van der Waals surface area contributed by atoms with Crippen LogP contribution in [0.4, 0.5) is 0 Å². The largest absolute Gasteiger partial charge is 0.342 e. The Labute approximate surface area is 58.2 Å². The topological polar surface area (TPSA) is 44.7 Å². The molecule has 0 unspecified atom stereocenters. The summed E-state index contributed by atoms with van der Waals surface area (Å²) in [6, 6.07) is 0. The van der Waals surface area contributed by atoms with Gasteiger partial charge in [-0.25, -0.2) is 0 Å². The Bertz CT molecular complexity index is 231. The molecule has 2 aliphatic heterocycles. The first-order valence-corrected chi connectivity index (χ1v) is 3.13. The van der Waals surface area contributed by atoms with E-state index < -0.39 is 0 Å². The Hall–Kier alpha value is -1.32. The van der Waals surface area contributed by atoms with E-state index in [0.29, 0.717) is 6.54 Å². The standard InChI is InChI=1S/C6H7N3O/c10-6-4-9-2-1-7-3-5(9)8-6/h1,3H,2,4H2,(H,8,10). The van der Waals surface area contributed by atoms with E-state index in [0.717, 1.165) is 12.4 Å². The molecule has 0 radical (unpaired) electrons. The molecule has 52 valence electrons. The van der Waals surface area contributed by atoms with Crippen molar-refractivity contribution >= 4 is 12.1 Å². The van der Waals surface area contributed by atoms with Gasteiger partial charge in [-0.05, 0) is 0 Å². The molecule has 0 saturated carbocycles. The van der Waals surface area contributed by atoms with Gasteiger partial charge in [0.15, 0.2) is 0 Å². The quantitative estimate of drug-likeness (QED) is 0.480. The first-order valence-electron chi connectivity index (χ1n) is 3.13. The summed E-state index contributed by atoms with van der Waals surface area (Å²) < 4.78 is 0. The van der Waals surface area contributed by atoms with Gasteiger partial charge in [0, 0.05) is 6.21 Å². The molecular formula is C6H7N3O. The molecule has 4 heteroatoms. The summed E-state index contributed by atoms with van der Waals surface area (Å²) in [6.45, 7) is 1.21. The Kier molecular flexibility index (Phi) is 1.00. The lowest BCUT2D eigenvalue weighted by molar-refractivity contribution is -0.118. The highest BCUT2D eigenvalue weighted by molar-refractivity contribution is 5.84. The summed E-state index contributed by atoms with van der Waals surface area (Å²) in [5.41, 5.74) is 0. The van der Waals surface area contributed by atoms with Gasteiger partial charge in [-0.1, -0.05) is 0 Å². The maximum Gasteiger partial charge on any atom is 0.245 e. The van der Waals surface area contributed by atoms with Gasteiger partial charge in [0.1, 0.15) is 5.82 Å². The number of carbonyl (C=O) groups is 1. The summed E-state index contributed by atoms with van der Waals surface area (Å²) in [5.74, 6) is 0.879. The van der Waals surface area contributed by atoms with E-state index in [1.165, 1.54) is 0 Å². The molecule has 0 aromatic rings. The lowest BCUT2D eigenvalue weighted by atomic mass is 10.5. The van der Waals surface area contributed by atoms with Gasteiger partial charge < -0.3 is 10.2 Å². The normalized spacial score (nSPS) is 22.2. The van der Waals surface area contributed by atoms with E-state index in [2.05, 4.69) is 10.3 Å². The molecule has 4 nitrogen and oxygen atoms in total. The van der Waals surface area contributed by atoms with Crippen LogP contribution in [0.25, 0.3) is 0 Å². The minimum atomic E-state index is 0.0525. The molecule has 0 aromatic heterocycles. The summed E-state index contributed by atoms with van der Waals surface area (Å²) in [6.07, 6.45) is 3.44. The monoisotopic (exact) mass is 137 g/mol. The maximum absolute atomic E-state index is 10.8. The van der Waals surface area contributed by atoms with Crippen molar-refractivity contribution in [3.63, 3.8) is 0 Å². The van der Waals surface area contributed by atoms with Crippen LogP contribution in [-0.4, -0.2) is 30.1 Å². The van der Waals surface area contributed by atoms with E-state index >= 15 is 0 Å². The van der Waals surface area contributed by atoms with Crippen molar-refractivity contribution < 1.29 is 4.79 Å². The molecular weight excluding hydrogens is 130 g/mol. The lowest BCUT2D eigenvalue weighted by Crippen LogP contribution is -2.24. The first-order chi connectivity index (χ1) is 4.86. The predicted octanol–water partition coefficient (Wildman–Crippen LogP) is -0.698. The van der Waals surface area contributed by atoms with E-state index in [1.807, 2.05) is 4.90 Å². The maximum atomic E-state index is 10.8. The van der Waals surface area contributed by atoms with Crippen LogP contribution in [0.3, 0.4) is 0 Å². The third-order valence-corrected chi connectivity index (χ3v) is 1.55. The zero-order valence-electron chi connectivity index (χ0n) is 5.37. The van der Waals surface area contributed by atoms with E-state index in [1.54, 1.807) is 12.4 Å². The van der Waals surface area contributed by atoms with Crippen molar-refractivity contribution in [2.75, 3.05) is 13.1 Å². The smallest absolute Gasteiger partial charge is 0.245 e. The second-order valence-corrected chi connectivity index (χ2v) is 2.27. The Morgan fingerprint density at radius 3 is 3.40 bits per heavy atom. The molecule has 0 aliphatic carbocycles. The molecule has 10 heavy (non-hydrogen) atoms. The van der Waals surface area contributed by atoms with Gasteiger partial charge in [0.05, 0.1) is 19.3 Å². The van der Waals surface area contributed by atoms with Crippen LogP contribution in [-0.2, 0) is 4.79 Å². The molecule has 1 amide bonds. The number of nitrogens with one attached hydrogen (secondary N) is 1. The molecule has 0 spiro atoms. The van der Waals surface area contributed by atoms with Gasteiger partial charge in [0.2, 0.25) is 5.91 Å². The third kappa shape index (κ3) is 0.689. The SMILES string of the molecule is O=C1CN2CC=NC=C2N1. The molecule has 0 bridgehead atoms. The molecule has 1 fully saturated rings. The number of fused-ring (bicyclic) bond motifs is 1. The van der Waals surface area contributed by atoms with Crippen molar-refractivity contribution in [1.82, 2.24) is 10.2 Å². The van der Waals surface area contributed by atoms with Gasteiger partial charge in [-0.2, -0.15) is 0 Å². The van der Waals surface area contributed by atoms with Crippen LogP contribution < -0.4 is 5.32 Å². The van der Waals surface area contributed by atoms with Gasteiger partial charge in [-0.3, -0.25) is 9.79 Å². The zero-order valence-corrected chi connectivity index (χ0v) is 5.37. The Morgan fingerprint density at radius 1 is 1.70 bits per heavy atom. The number of amides is 1. The van der Waals surface area contributed by atoms with Crippen molar-refractivity contribution in [3.8, 4) is 0 Å².